The largest absolute Gasteiger partial charge is 0.480 e. The van der Waals surface area contributed by atoms with Crippen LogP contribution in [0.15, 0.2) is 30.5 Å². The number of carbonyl (C=O) groups excluding carboxylic acids is 11. The number of carbonyl (C=O) groups is 12. The van der Waals surface area contributed by atoms with Gasteiger partial charge < -0.3 is 70.6 Å². The highest BCUT2D eigenvalue weighted by molar-refractivity contribution is 5.99. The number of nitrogens with zero attached hydrogens (tertiary/aromatic N) is 9. The maximum atomic E-state index is 14.9. The Balaban J connectivity index is 2.37. The predicted molar refractivity (Wildman–Crippen MR) is 366 cm³/mol. The molecule has 0 saturated heterocycles. The summed E-state index contributed by atoms with van der Waals surface area (Å²) >= 11 is 0. The molecule has 26 heteroatoms. The van der Waals surface area contributed by atoms with Gasteiger partial charge in [0, 0.05) is 80.5 Å². The van der Waals surface area contributed by atoms with Crippen molar-refractivity contribution in [3.63, 3.8) is 0 Å². The van der Waals surface area contributed by atoms with E-state index in [1.54, 1.807) is 83.1 Å². The van der Waals surface area contributed by atoms with Crippen LogP contribution in [0.1, 0.15) is 136 Å². The molecule has 0 bridgehead atoms. The average molecular weight is 1340 g/mol. The molecule has 26 nitrogen and oxygen atoms in total. The molecule has 0 spiro atoms. The van der Waals surface area contributed by atoms with Crippen molar-refractivity contribution in [3.8, 4) is 0 Å². The minimum Gasteiger partial charge on any atom is -0.480 e. The lowest BCUT2D eigenvalue weighted by atomic mass is 9.93. The maximum absolute atomic E-state index is 14.9. The zero-order valence-electron chi connectivity index (χ0n) is 61.6. The van der Waals surface area contributed by atoms with Crippen molar-refractivity contribution in [1.29, 1.82) is 0 Å². The highest BCUT2D eigenvalue weighted by atomic mass is 16.4. The van der Waals surface area contributed by atoms with Crippen molar-refractivity contribution in [1.82, 2.24) is 59.7 Å². The summed E-state index contributed by atoms with van der Waals surface area (Å²) < 4.78 is 0. The first-order valence-electron chi connectivity index (χ1n) is 33.5. The van der Waals surface area contributed by atoms with Gasteiger partial charge in [-0.1, -0.05) is 148 Å². The van der Waals surface area contributed by atoms with Gasteiger partial charge in [-0.2, -0.15) is 0 Å². The van der Waals surface area contributed by atoms with Gasteiger partial charge in [-0.05, 0) is 65.4 Å². The van der Waals surface area contributed by atoms with Crippen molar-refractivity contribution >= 4 is 81.9 Å². The first-order valence-corrected chi connectivity index (χ1v) is 33.5. The molecule has 95 heavy (non-hydrogen) atoms. The summed E-state index contributed by atoms with van der Waals surface area (Å²) in [6.07, 6.45) is 3.40. The molecule has 1 heterocycles. The second-order valence-electron chi connectivity index (χ2n) is 28.0. The highest BCUT2D eigenvalue weighted by Crippen LogP contribution is 2.26. The van der Waals surface area contributed by atoms with Crippen molar-refractivity contribution in [2.24, 2.45) is 53.1 Å². The van der Waals surface area contributed by atoms with Crippen LogP contribution in [0.3, 0.4) is 0 Å². The van der Waals surface area contributed by atoms with Crippen LogP contribution >= 0.6 is 0 Å². The number of amides is 11. The summed E-state index contributed by atoms with van der Waals surface area (Å²) in [5.74, 6) is -11.3. The lowest BCUT2D eigenvalue weighted by Crippen LogP contribution is -2.62. The van der Waals surface area contributed by atoms with E-state index in [4.69, 9.17) is 5.73 Å². The molecule has 0 aliphatic carbocycles. The van der Waals surface area contributed by atoms with Gasteiger partial charge in [0.2, 0.25) is 65.0 Å². The summed E-state index contributed by atoms with van der Waals surface area (Å²) in [5.41, 5.74) is 8.28. The van der Waals surface area contributed by atoms with Gasteiger partial charge in [0.05, 0.1) is 19.1 Å². The number of nitrogens with two attached hydrogens (primary N) is 1. The number of hydrogen-bond donors (Lipinski definition) is 5. The molecule has 536 valence electrons. The summed E-state index contributed by atoms with van der Waals surface area (Å²) in [6.45, 7) is 26.8. The Hall–Kier alpha value is -7.64. The number of nitrogens with one attached hydrogen (secondary N) is 3. The van der Waals surface area contributed by atoms with E-state index in [0.29, 0.717) is 19.3 Å². The third-order valence-electron chi connectivity index (χ3n) is 18.8. The highest BCUT2D eigenvalue weighted by Gasteiger charge is 2.45. The number of H-pyrrole nitrogens is 1. The number of aromatic amines is 1. The fraction of sp³-hybridized carbons (Fsp3) is 0.710. The SMILES string of the molecule is CC[C@H](C)[C@H](NC(=O)[C@H](C(C)C)N(C)C(=O)[C@@H](N)Cc1c[nH]c2ccccc12)C(=O)N(C)[C@H](C(=O)N(C)[C@H](C(=O)N(C)CC(=O)N(C)[C@H](C(=O)N(C)[C@H](C(=O)N(C)CC(=O)N[C@H](C(=O)N(C)[C@H](C(=O)N(C)CC(=O)O)[C@@H](C)CC)C(C)C)[C@@H](C)CC)C(C)C)C(C)C)C(C)C. The first kappa shape index (κ1) is 83.5. The number of aromatic nitrogens is 1. The number of benzene rings is 1. The van der Waals surface area contributed by atoms with Crippen molar-refractivity contribution in [2.45, 2.75) is 191 Å². The molecule has 12 atom stereocenters. The van der Waals surface area contributed by atoms with E-state index < -0.39 is 186 Å². The molecule has 0 fully saturated rings. The van der Waals surface area contributed by atoms with E-state index in [0.717, 1.165) is 26.3 Å². The number of rotatable bonds is 36. The second-order valence-corrected chi connectivity index (χ2v) is 28.0. The van der Waals surface area contributed by atoms with Gasteiger partial charge in [0.1, 0.15) is 54.9 Å². The van der Waals surface area contributed by atoms with Gasteiger partial charge in [0.15, 0.2) is 0 Å². The van der Waals surface area contributed by atoms with E-state index in [1.165, 1.54) is 97.7 Å². The van der Waals surface area contributed by atoms with E-state index in [-0.39, 0.29) is 12.3 Å². The van der Waals surface area contributed by atoms with Crippen LogP contribution in [0.5, 0.6) is 0 Å². The summed E-state index contributed by atoms with van der Waals surface area (Å²) in [7, 11) is 12.9. The van der Waals surface area contributed by atoms with E-state index in [2.05, 4.69) is 15.6 Å². The minimum absolute atomic E-state index is 0.214. The molecule has 6 N–H and O–H groups in total. The Kier molecular flexibility index (Phi) is 32.5. The van der Waals surface area contributed by atoms with Crippen LogP contribution in [0.4, 0.5) is 0 Å². The van der Waals surface area contributed by atoms with Gasteiger partial charge in [0.25, 0.3) is 0 Å². The Morgan fingerprint density at radius 3 is 1.26 bits per heavy atom. The van der Waals surface area contributed by atoms with E-state index in [1.807, 2.05) is 58.2 Å². The topological polar surface area (TPSA) is 320 Å². The summed E-state index contributed by atoms with van der Waals surface area (Å²) in [5, 5.41) is 16.0. The fourth-order valence-corrected chi connectivity index (χ4v) is 12.5. The third-order valence-corrected chi connectivity index (χ3v) is 18.8. The van der Waals surface area contributed by atoms with Gasteiger partial charge in [-0.15, -0.1) is 0 Å². The molecule has 11 amide bonds. The molecule has 0 radical (unpaired) electrons. The maximum Gasteiger partial charge on any atom is 0.323 e. The zero-order chi connectivity index (χ0) is 73.3. The van der Waals surface area contributed by atoms with Crippen LogP contribution in [0, 0.1) is 47.3 Å². The molecule has 0 aliphatic rings. The molecular formula is C69H117N13O13. The fourth-order valence-electron chi connectivity index (χ4n) is 12.5. The van der Waals surface area contributed by atoms with Crippen LogP contribution in [0.2, 0.25) is 0 Å². The standard InChI is InChI=1S/C69H117N13O13/c1-26-43(14)54(73-61(87)55(39(6)7)78(21)62(88)48(70)33-46-34-71-49-32-30-29-31-47(46)49)64(90)79(22)58(42(12)13)69(95)80(23)56(40(8)9)65(91)75(18)36-51(84)77(20)57(41(10)11)68(94)82(25)60(45(16)28-3)66(92)74(17)35-50(83)72-53(38(4)5)63(89)81(24)59(44(15)27-2)67(93)76(19)37-52(85)86/h29-32,34,38-45,48,53-60,71H,26-28,33,35-37,70H2,1-25H3,(H,72,83)(H,73,87)(H,85,86)/t43-,44-,45-,48-,53-,54-,55-,56-,57-,58-,59-,60-/m0/s1. The number of carboxylic acids is 1. The summed E-state index contributed by atoms with van der Waals surface area (Å²) in [6, 6.07) is -2.21. The monoisotopic (exact) mass is 1340 g/mol. The predicted octanol–water partition coefficient (Wildman–Crippen LogP) is 3.85. The summed E-state index contributed by atoms with van der Waals surface area (Å²) in [4.78, 5) is 184. The molecule has 0 unspecified atom stereocenters. The molecule has 0 aliphatic heterocycles. The smallest absolute Gasteiger partial charge is 0.323 e. The zero-order valence-corrected chi connectivity index (χ0v) is 61.6. The number of likely N-dealkylation sites (N-methyl/N-ethyl adjacent to an activating group) is 9. The first-order chi connectivity index (χ1) is 44.0. The number of para-hydroxylation sites is 1. The van der Waals surface area contributed by atoms with Crippen molar-refractivity contribution in [3.05, 3.63) is 36.0 Å². The minimum atomic E-state index is -1.22. The van der Waals surface area contributed by atoms with E-state index in [9.17, 15) is 62.6 Å². The van der Waals surface area contributed by atoms with Gasteiger partial charge >= 0.3 is 5.97 Å². The van der Waals surface area contributed by atoms with Crippen LogP contribution in [0.25, 0.3) is 10.9 Å². The molecular weight excluding hydrogens is 1220 g/mol. The Bertz CT molecular complexity index is 2980. The molecule has 1 aromatic carbocycles. The normalized spacial score (nSPS) is 15.4. The quantitative estimate of drug-likeness (QED) is 0.0648. The van der Waals surface area contributed by atoms with Crippen LogP contribution in [-0.2, 0) is 64.0 Å². The Morgan fingerprint density at radius 2 is 0.811 bits per heavy atom. The number of carboxylic acid groups (broad SMARTS) is 1. The van der Waals surface area contributed by atoms with E-state index >= 15 is 0 Å². The molecule has 2 rings (SSSR count). The second kappa shape index (κ2) is 37.0. The van der Waals surface area contributed by atoms with Crippen LogP contribution in [-0.4, -0.2) is 263 Å². The van der Waals surface area contributed by atoms with Crippen LogP contribution < -0.4 is 16.4 Å². The molecule has 0 saturated carbocycles. The Morgan fingerprint density at radius 1 is 0.432 bits per heavy atom. The van der Waals surface area contributed by atoms with Crippen molar-refractivity contribution < 1.29 is 62.6 Å². The van der Waals surface area contributed by atoms with Gasteiger partial charge in [-0.3, -0.25) is 57.5 Å². The molecule has 2 aromatic rings. The lowest BCUT2D eigenvalue weighted by molar-refractivity contribution is -0.156. The Labute approximate surface area is 565 Å². The average Bonchev–Trinajstić information content (AvgIpc) is 1.36. The number of aliphatic carboxylic acids is 1. The van der Waals surface area contributed by atoms with Gasteiger partial charge in [-0.25, -0.2) is 0 Å². The van der Waals surface area contributed by atoms with Crippen molar-refractivity contribution in [2.75, 3.05) is 83.1 Å². The third kappa shape index (κ3) is 21.2. The number of fused-ring (bicyclic) bond motifs is 1. The number of hydrogen-bond acceptors (Lipinski definition) is 13. The lowest BCUT2D eigenvalue weighted by Gasteiger charge is -2.41. The molecule has 1 aromatic heterocycles.